The topological polar surface area (TPSA) is 75.6 Å². The van der Waals surface area contributed by atoms with Crippen LogP contribution >= 0.6 is 0 Å². The molecule has 0 spiro atoms. The normalized spacial score (nSPS) is 9.70. The lowest BCUT2D eigenvalue weighted by molar-refractivity contribution is -0.111. The minimum absolute atomic E-state index is 0.0475. The highest BCUT2D eigenvalue weighted by atomic mass is 16.5. The summed E-state index contributed by atoms with van der Waals surface area (Å²) in [4.78, 5) is 23.1. The van der Waals surface area contributed by atoms with Crippen LogP contribution < -0.4 is 10.1 Å². The number of amides is 1. The summed E-state index contributed by atoms with van der Waals surface area (Å²) >= 11 is 0. The molecule has 2 aromatic carbocycles. The molecule has 0 aliphatic carbocycles. The van der Waals surface area contributed by atoms with Crippen molar-refractivity contribution in [1.29, 1.82) is 0 Å². The first-order chi connectivity index (χ1) is 12.9. The van der Waals surface area contributed by atoms with Gasteiger partial charge >= 0.3 is 5.97 Å². The summed E-state index contributed by atoms with van der Waals surface area (Å²) in [5.41, 5.74) is 2.13. The highest BCUT2D eigenvalue weighted by Crippen LogP contribution is 2.20. The van der Waals surface area contributed by atoms with Crippen LogP contribution in [-0.4, -0.2) is 24.1 Å². The Hall–Kier alpha value is -3.52. The van der Waals surface area contributed by atoms with Gasteiger partial charge in [0.25, 0.3) is 0 Å². The van der Waals surface area contributed by atoms with Crippen molar-refractivity contribution in [3.63, 3.8) is 0 Å². The van der Waals surface area contributed by atoms with Crippen LogP contribution in [0.2, 0.25) is 0 Å². The van der Waals surface area contributed by atoms with E-state index >= 15 is 0 Å². The maximum absolute atomic E-state index is 12.0. The van der Waals surface area contributed by atoms with Gasteiger partial charge < -0.3 is 15.2 Å². The number of carboxylic acids is 1. The molecule has 2 N–H and O–H groups in total. The van der Waals surface area contributed by atoms with E-state index in [-0.39, 0.29) is 11.3 Å². The smallest absolute Gasteiger partial charge is 0.337 e. The molecule has 0 aliphatic heterocycles. The summed E-state index contributed by atoms with van der Waals surface area (Å²) < 4.78 is 5.23. The standard InChI is InChI=1S/C18H17NO4.C4H6/c1-12-7-8-13(11-16(12)23-2)9-10-17(20)19-15-6-4-3-5-14(15)18(21)22;1-3-4-2/h3-11H,1-2H3,(H,19,20)(H,21,22);1H,4H2,2H3/b10-9+;. The second kappa shape index (κ2) is 11.2. The molecule has 140 valence electrons. The number of carboxylic acid groups (broad SMARTS) is 1. The Morgan fingerprint density at radius 2 is 1.93 bits per heavy atom. The van der Waals surface area contributed by atoms with E-state index in [2.05, 4.69) is 11.2 Å². The van der Waals surface area contributed by atoms with E-state index in [1.165, 1.54) is 12.1 Å². The number of ether oxygens (including phenoxy) is 1. The highest BCUT2D eigenvalue weighted by Gasteiger charge is 2.10. The number of rotatable bonds is 5. The summed E-state index contributed by atoms with van der Waals surface area (Å²) in [6.07, 6.45) is 8.61. The van der Waals surface area contributed by atoms with Crippen LogP contribution in [0.15, 0.2) is 48.5 Å². The van der Waals surface area contributed by atoms with Gasteiger partial charge in [0, 0.05) is 12.5 Å². The number of aryl methyl sites for hydroxylation is 1. The van der Waals surface area contributed by atoms with Crippen LogP contribution in [0.5, 0.6) is 5.75 Å². The first-order valence-electron chi connectivity index (χ1n) is 8.32. The van der Waals surface area contributed by atoms with Crippen LogP contribution in [-0.2, 0) is 4.79 Å². The number of carbonyl (C=O) groups is 2. The zero-order valence-corrected chi connectivity index (χ0v) is 15.7. The van der Waals surface area contributed by atoms with Crippen LogP contribution in [0.4, 0.5) is 5.69 Å². The number of aromatic carboxylic acids is 1. The molecule has 5 heteroatoms. The molecule has 0 saturated heterocycles. The zero-order valence-electron chi connectivity index (χ0n) is 15.7. The average Bonchev–Trinajstić information content (AvgIpc) is 2.67. The molecular weight excluding hydrogens is 342 g/mol. The third-order valence-electron chi connectivity index (χ3n) is 3.48. The Kier molecular flexibility index (Phi) is 8.90. The lowest BCUT2D eigenvalue weighted by Gasteiger charge is -2.06. The summed E-state index contributed by atoms with van der Waals surface area (Å²) in [6.45, 7) is 3.88. The van der Waals surface area contributed by atoms with Crippen LogP contribution in [0.1, 0.15) is 34.8 Å². The van der Waals surface area contributed by atoms with Crippen molar-refractivity contribution in [1.82, 2.24) is 0 Å². The molecule has 0 aromatic heterocycles. The molecule has 5 nitrogen and oxygen atoms in total. The molecular formula is C22H23NO4. The predicted molar refractivity (Wildman–Crippen MR) is 108 cm³/mol. The summed E-state index contributed by atoms with van der Waals surface area (Å²) in [5.74, 6) is 1.68. The van der Waals surface area contributed by atoms with E-state index in [1.807, 2.05) is 32.0 Å². The maximum atomic E-state index is 12.0. The van der Waals surface area contributed by atoms with Crippen molar-refractivity contribution in [3.8, 4) is 18.1 Å². The molecule has 0 saturated carbocycles. The van der Waals surface area contributed by atoms with E-state index in [4.69, 9.17) is 16.3 Å². The Morgan fingerprint density at radius 1 is 1.26 bits per heavy atom. The Balaban J connectivity index is 0.000000828. The molecule has 1 amide bonds. The number of nitrogens with one attached hydrogen (secondary N) is 1. The monoisotopic (exact) mass is 365 g/mol. The number of methoxy groups -OCH3 is 1. The van der Waals surface area contributed by atoms with Crippen molar-refractivity contribution in [2.75, 3.05) is 12.4 Å². The van der Waals surface area contributed by atoms with Gasteiger partial charge in [0.05, 0.1) is 18.4 Å². The number of carbonyl (C=O) groups excluding carboxylic acids is 1. The van der Waals surface area contributed by atoms with Crippen LogP contribution in [0.25, 0.3) is 6.08 Å². The minimum atomic E-state index is -1.09. The Morgan fingerprint density at radius 3 is 2.52 bits per heavy atom. The third-order valence-corrected chi connectivity index (χ3v) is 3.48. The number of benzene rings is 2. The highest BCUT2D eigenvalue weighted by molar-refractivity contribution is 6.06. The molecule has 0 aliphatic rings. The van der Waals surface area contributed by atoms with Crippen molar-refractivity contribution in [2.45, 2.75) is 20.3 Å². The van der Waals surface area contributed by atoms with Gasteiger partial charge in [-0.25, -0.2) is 4.79 Å². The number of hydrogen-bond acceptors (Lipinski definition) is 3. The van der Waals surface area contributed by atoms with Crippen molar-refractivity contribution in [3.05, 3.63) is 65.2 Å². The average molecular weight is 365 g/mol. The number of hydrogen-bond donors (Lipinski definition) is 2. The summed E-state index contributed by atoms with van der Waals surface area (Å²) in [6, 6.07) is 11.8. The molecule has 0 atom stereocenters. The molecule has 0 unspecified atom stereocenters. The fraction of sp³-hybridized carbons (Fsp3) is 0.182. The molecule has 0 radical (unpaired) electrons. The van der Waals surface area contributed by atoms with Gasteiger partial charge in [-0.2, -0.15) is 0 Å². The second-order valence-corrected chi connectivity index (χ2v) is 5.46. The van der Waals surface area contributed by atoms with E-state index in [1.54, 1.807) is 31.4 Å². The lowest BCUT2D eigenvalue weighted by Crippen LogP contribution is -2.11. The second-order valence-electron chi connectivity index (χ2n) is 5.46. The van der Waals surface area contributed by atoms with Crippen molar-refractivity contribution >= 4 is 23.6 Å². The lowest BCUT2D eigenvalue weighted by atomic mass is 10.1. The third kappa shape index (κ3) is 7.09. The number of terminal acetylenes is 1. The molecule has 2 aromatic rings. The zero-order chi connectivity index (χ0) is 20.2. The maximum Gasteiger partial charge on any atom is 0.337 e. The van der Waals surface area contributed by atoms with Gasteiger partial charge in [-0.05, 0) is 42.3 Å². The molecule has 0 fully saturated rings. The van der Waals surface area contributed by atoms with E-state index in [9.17, 15) is 9.59 Å². The number of para-hydroxylation sites is 1. The first-order valence-corrected chi connectivity index (χ1v) is 8.32. The molecule has 27 heavy (non-hydrogen) atoms. The van der Waals surface area contributed by atoms with Gasteiger partial charge in [0.15, 0.2) is 0 Å². The van der Waals surface area contributed by atoms with Crippen molar-refractivity contribution < 1.29 is 19.4 Å². The van der Waals surface area contributed by atoms with Gasteiger partial charge in [0.2, 0.25) is 5.91 Å². The van der Waals surface area contributed by atoms with Gasteiger partial charge in [-0.15, -0.1) is 12.3 Å². The minimum Gasteiger partial charge on any atom is -0.496 e. The van der Waals surface area contributed by atoms with Crippen LogP contribution in [0.3, 0.4) is 0 Å². The SMILES string of the molecule is C#CCC.COc1cc(/C=C/C(=O)Nc2ccccc2C(=O)O)ccc1C. The quantitative estimate of drug-likeness (QED) is 0.609. The summed E-state index contributed by atoms with van der Waals surface area (Å²) in [5, 5.41) is 11.7. The van der Waals surface area contributed by atoms with Crippen LogP contribution in [0, 0.1) is 19.3 Å². The van der Waals surface area contributed by atoms with E-state index < -0.39 is 11.9 Å². The fourth-order valence-corrected chi connectivity index (χ4v) is 2.07. The largest absolute Gasteiger partial charge is 0.496 e. The first kappa shape index (κ1) is 21.5. The fourth-order valence-electron chi connectivity index (χ4n) is 2.07. The molecule has 2 rings (SSSR count). The Labute approximate surface area is 159 Å². The van der Waals surface area contributed by atoms with Gasteiger partial charge in [-0.1, -0.05) is 31.2 Å². The molecule has 0 heterocycles. The number of anilines is 1. The molecule has 0 bridgehead atoms. The van der Waals surface area contributed by atoms with Gasteiger partial charge in [-0.3, -0.25) is 4.79 Å². The van der Waals surface area contributed by atoms with Crippen molar-refractivity contribution in [2.24, 2.45) is 0 Å². The summed E-state index contributed by atoms with van der Waals surface area (Å²) in [7, 11) is 1.59. The van der Waals surface area contributed by atoms with E-state index in [0.717, 1.165) is 23.3 Å². The van der Waals surface area contributed by atoms with Gasteiger partial charge in [0.1, 0.15) is 5.75 Å². The predicted octanol–water partition coefficient (Wildman–Crippen LogP) is 4.38. The Bertz CT molecular complexity index is 863. The van der Waals surface area contributed by atoms with E-state index in [0.29, 0.717) is 0 Å².